The Labute approximate surface area is 139 Å². The van der Waals surface area contributed by atoms with Crippen molar-refractivity contribution in [2.45, 2.75) is 44.9 Å². The molecule has 2 heterocycles. The first kappa shape index (κ1) is 17.3. The molecular weight excluding hydrogens is 296 g/mol. The number of hydrogen-bond donors (Lipinski definition) is 1. The molecule has 0 bridgehead atoms. The molecule has 1 N–H and O–H groups in total. The number of piperidine rings is 1. The number of benzene rings is 1. The molecule has 3 rings (SSSR count). The van der Waals surface area contributed by atoms with Gasteiger partial charge < -0.3 is 10.2 Å². The van der Waals surface area contributed by atoms with E-state index >= 15 is 0 Å². The van der Waals surface area contributed by atoms with Gasteiger partial charge in [0.25, 0.3) is 0 Å². The lowest BCUT2D eigenvalue weighted by molar-refractivity contribution is -0.123. The van der Waals surface area contributed by atoms with E-state index in [0.29, 0.717) is 5.91 Å². The van der Waals surface area contributed by atoms with Crippen LogP contribution in [0.5, 0.6) is 0 Å². The molecule has 3 nitrogen and oxygen atoms in total. The largest absolute Gasteiger partial charge is 0.317 e. The highest BCUT2D eigenvalue weighted by molar-refractivity contribution is 5.97. The minimum absolute atomic E-state index is 0. The van der Waals surface area contributed by atoms with Crippen LogP contribution in [0.1, 0.15) is 45.1 Å². The van der Waals surface area contributed by atoms with Gasteiger partial charge in [-0.1, -0.05) is 32.0 Å². The highest BCUT2D eigenvalue weighted by atomic mass is 35.5. The van der Waals surface area contributed by atoms with Crippen molar-refractivity contribution in [1.29, 1.82) is 0 Å². The van der Waals surface area contributed by atoms with Gasteiger partial charge in [-0.25, -0.2) is 0 Å². The Morgan fingerprint density at radius 3 is 2.50 bits per heavy atom. The summed E-state index contributed by atoms with van der Waals surface area (Å²) in [5, 5.41) is 3.35. The summed E-state index contributed by atoms with van der Waals surface area (Å²) in [6, 6.07) is 8.51. The smallest absolute Gasteiger partial charge is 0.230 e. The van der Waals surface area contributed by atoms with E-state index in [1.54, 1.807) is 0 Å². The maximum atomic E-state index is 13.0. The monoisotopic (exact) mass is 322 g/mol. The van der Waals surface area contributed by atoms with Crippen molar-refractivity contribution < 1.29 is 4.79 Å². The average Bonchev–Trinajstić information content (AvgIpc) is 2.90. The van der Waals surface area contributed by atoms with E-state index in [-0.39, 0.29) is 23.7 Å². The van der Waals surface area contributed by atoms with E-state index < -0.39 is 0 Å². The highest BCUT2D eigenvalue weighted by Crippen LogP contribution is 2.45. The second-order valence-electron chi connectivity index (χ2n) is 6.45. The lowest BCUT2D eigenvalue weighted by Gasteiger charge is -2.30. The summed E-state index contributed by atoms with van der Waals surface area (Å²) in [6.07, 6.45) is 4.14. The minimum Gasteiger partial charge on any atom is -0.317 e. The predicted molar refractivity (Wildman–Crippen MR) is 93.9 cm³/mol. The van der Waals surface area contributed by atoms with Crippen molar-refractivity contribution in [3.05, 3.63) is 29.8 Å². The van der Waals surface area contributed by atoms with Crippen LogP contribution in [0.25, 0.3) is 0 Å². The standard InChI is InChI=1S/C18H26N2O.ClH/c1-3-18(4-2)13-20(16-8-6-5-7-15(16)18)17(21)14-9-11-19-12-10-14;/h5-8,14,19H,3-4,9-13H2,1-2H3;1H. The third-order valence-corrected chi connectivity index (χ3v) is 5.53. The highest BCUT2D eigenvalue weighted by Gasteiger charge is 2.43. The van der Waals surface area contributed by atoms with Gasteiger partial charge in [0.05, 0.1) is 0 Å². The molecule has 0 aromatic heterocycles. The Bertz CT molecular complexity index is 522. The Morgan fingerprint density at radius 1 is 1.23 bits per heavy atom. The number of halogens is 1. The fourth-order valence-corrected chi connectivity index (χ4v) is 3.97. The molecule has 0 unspecified atom stereocenters. The Kier molecular flexibility index (Phi) is 5.51. The second-order valence-corrected chi connectivity index (χ2v) is 6.45. The Hall–Kier alpha value is -1.06. The molecule has 1 aromatic carbocycles. The van der Waals surface area contributed by atoms with E-state index in [9.17, 15) is 4.79 Å². The van der Waals surface area contributed by atoms with E-state index in [1.807, 2.05) is 0 Å². The van der Waals surface area contributed by atoms with Gasteiger partial charge in [0, 0.05) is 23.6 Å². The van der Waals surface area contributed by atoms with Gasteiger partial charge in [-0.05, 0) is 50.4 Å². The van der Waals surface area contributed by atoms with Gasteiger partial charge in [-0.2, -0.15) is 0 Å². The molecule has 22 heavy (non-hydrogen) atoms. The first-order valence-corrected chi connectivity index (χ1v) is 8.33. The molecule has 1 saturated heterocycles. The van der Waals surface area contributed by atoms with Crippen molar-refractivity contribution in [2.75, 3.05) is 24.5 Å². The van der Waals surface area contributed by atoms with Crippen molar-refractivity contribution >= 4 is 24.0 Å². The molecule has 2 aliphatic heterocycles. The number of hydrogen-bond acceptors (Lipinski definition) is 2. The molecule has 0 saturated carbocycles. The van der Waals surface area contributed by atoms with Crippen molar-refractivity contribution in [3.8, 4) is 0 Å². The van der Waals surface area contributed by atoms with Crippen LogP contribution in [0.2, 0.25) is 0 Å². The summed E-state index contributed by atoms with van der Waals surface area (Å²) in [6.45, 7) is 7.30. The molecule has 1 fully saturated rings. The van der Waals surface area contributed by atoms with E-state index in [4.69, 9.17) is 0 Å². The van der Waals surface area contributed by atoms with Crippen LogP contribution in [0.3, 0.4) is 0 Å². The number of fused-ring (bicyclic) bond motifs is 1. The Morgan fingerprint density at radius 2 is 1.86 bits per heavy atom. The molecule has 1 aromatic rings. The second kappa shape index (κ2) is 7.01. The SMILES string of the molecule is CCC1(CC)CN(C(=O)C2CCNCC2)c2ccccc21.Cl. The normalized spacial score (nSPS) is 20.4. The molecule has 1 amide bonds. The zero-order valence-corrected chi connectivity index (χ0v) is 14.4. The van der Waals surface area contributed by atoms with Crippen LogP contribution in [0.15, 0.2) is 24.3 Å². The molecule has 122 valence electrons. The number of para-hydroxylation sites is 1. The summed E-state index contributed by atoms with van der Waals surface area (Å²) in [4.78, 5) is 15.1. The van der Waals surface area contributed by atoms with E-state index in [1.165, 1.54) is 5.56 Å². The number of nitrogens with one attached hydrogen (secondary N) is 1. The average molecular weight is 323 g/mol. The zero-order valence-electron chi connectivity index (χ0n) is 13.6. The molecule has 2 aliphatic rings. The summed E-state index contributed by atoms with van der Waals surface area (Å²) < 4.78 is 0. The van der Waals surface area contributed by atoms with Crippen LogP contribution >= 0.6 is 12.4 Å². The van der Waals surface area contributed by atoms with E-state index in [2.05, 4.69) is 48.3 Å². The van der Waals surface area contributed by atoms with Crippen LogP contribution < -0.4 is 10.2 Å². The van der Waals surface area contributed by atoms with Gasteiger partial charge in [-0.3, -0.25) is 4.79 Å². The fraction of sp³-hybridized carbons (Fsp3) is 0.611. The number of nitrogens with zero attached hydrogens (tertiary/aromatic N) is 1. The first-order chi connectivity index (χ1) is 10.2. The minimum atomic E-state index is 0. The fourth-order valence-electron chi connectivity index (χ4n) is 3.97. The topological polar surface area (TPSA) is 32.3 Å². The van der Waals surface area contributed by atoms with Crippen LogP contribution in [0.4, 0.5) is 5.69 Å². The van der Waals surface area contributed by atoms with Gasteiger partial charge in [0.15, 0.2) is 0 Å². The van der Waals surface area contributed by atoms with Crippen LogP contribution in [0, 0.1) is 5.92 Å². The van der Waals surface area contributed by atoms with Crippen LogP contribution in [-0.4, -0.2) is 25.5 Å². The number of amides is 1. The zero-order chi connectivity index (χ0) is 14.9. The molecule has 0 atom stereocenters. The third kappa shape index (κ3) is 2.77. The molecule has 0 aliphatic carbocycles. The molecular formula is C18H27ClN2O. The number of rotatable bonds is 3. The maximum Gasteiger partial charge on any atom is 0.230 e. The summed E-state index contributed by atoms with van der Waals surface area (Å²) in [5.74, 6) is 0.538. The molecule has 0 radical (unpaired) electrons. The Balaban J connectivity index is 0.00000176. The van der Waals surface area contributed by atoms with Crippen molar-refractivity contribution in [1.82, 2.24) is 5.32 Å². The lowest BCUT2D eigenvalue weighted by atomic mass is 9.78. The van der Waals surface area contributed by atoms with Crippen molar-refractivity contribution in [3.63, 3.8) is 0 Å². The quantitative estimate of drug-likeness (QED) is 0.923. The van der Waals surface area contributed by atoms with Gasteiger partial charge in [0.2, 0.25) is 5.91 Å². The number of carbonyl (C=O) groups excluding carboxylic acids is 1. The molecule has 0 spiro atoms. The van der Waals surface area contributed by atoms with Crippen molar-refractivity contribution in [2.24, 2.45) is 5.92 Å². The predicted octanol–water partition coefficient (Wildman–Crippen LogP) is 3.51. The number of carbonyl (C=O) groups is 1. The summed E-state index contributed by atoms with van der Waals surface area (Å²) in [5.41, 5.74) is 2.68. The summed E-state index contributed by atoms with van der Waals surface area (Å²) in [7, 11) is 0. The van der Waals surface area contributed by atoms with Gasteiger partial charge >= 0.3 is 0 Å². The number of anilines is 1. The maximum absolute atomic E-state index is 13.0. The van der Waals surface area contributed by atoms with Gasteiger partial charge in [-0.15, -0.1) is 12.4 Å². The lowest BCUT2D eigenvalue weighted by Crippen LogP contribution is -2.43. The first-order valence-electron chi connectivity index (χ1n) is 8.33. The molecule has 4 heteroatoms. The third-order valence-electron chi connectivity index (χ3n) is 5.53. The van der Waals surface area contributed by atoms with Crippen LogP contribution in [-0.2, 0) is 10.2 Å². The van der Waals surface area contributed by atoms with Gasteiger partial charge in [0.1, 0.15) is 0 Å². The van der Waals surface area contributed by atoms with E-state index in [0.717, 1.165) is 51.0 Å². The summed E-state index contributed by atoms with van der Waals surface area (Å²) >= 11 is 0.